The van der Waals surface area contributed by atoms with Gasteiger partial charge >= 0.3 is 6.03 Å². The van der Waals surface area contributed by atoms with E-state index in [0.29, 0.717) is 6.67 Å². The fraction of sp³-hybridized carbons (Fsp3) is 0.533. The number of benzene rings is 1. The van der Waals surface area contributed by atoms with Crippen LogP contribution in [0, 0.1) is 0 Å². The van der Waals surface area contributed by atoms with E-state index in [-0.39, 0.29) is 18.1 Å². The molecule has 0 aromatic heterocycles. The molecule has 1 aromatic rings. The summed E-state index contributed by atoms with van der Waals surface area (Å²) in [5.41, 5.74) is 0.160. The minimum atomic E-state index is -0.762. The maximum atomic E-state index is 12.7. The number of aliphatic hydroxyl groups is 1. The molecule has 0 radical (unpaired) electrons. The van der Waals surface area contributed by atoms with Gasteiger partial charge in [0, 0.05) is 11.7 Å². The lowest BCUT2D eigenvalue weighted by molar-refractivity contribution is -0.190. The molecule has 106 valence electrons. The molecule has 1 aromatic carbocycles. The van der Waals surface area contributed by atoms with Gasteiger partial charge < -0.3 is 5.11 Å². The van der Waals surface area contributed by atoms with Crippen molar-refractivity contribution in [3.05, 3.63) is 30.3 Å². The van der Waals surface area contributed by atoms with Crippen LogP contribution in [-0.2, 0) is 0 Å². The molecule has 5 heteroatoms. The Morgan fingerprint density at radius 2 is 2.00 bits per heavy atom. The highest BCUT2D eigenvalue weighted by Crippen LogP contribution is 2.44. The predicted molar refractivity (Wildman–Crippen MR) is 74.9 cm³/mol. The van der Waals surface area contributed by atoms with Gasteiger partial charge in [0.05, 0.1) is 18.3 Å². The van der Waals surface area contributed by atoms with Crippen molar-refractivity contribution in [3.8, 4) is 0 Å². The second-order valence-electron chi connectivity index (χ2n) is 6.28. The topological polar surface area (TPSA) is 47.0 Å². The van der Waals surface area contributed by atoms with Crippen LogP contribution in [0.5, 0.6) is 0 Å². The summed E-state index contributed by atoms with van der Waals surface area (Å²) in [6.07, 6.45) is 2.71. The van der Waals surface area contributed by atoms with E-state index in [4.69, 9.17) is 0 Å². The molecule has 5 nitrogen and oxygen atoms in total. The van der Waals surface area contributed by atoms with Crippen molar-refractivity contribution in [2.24, 2.45) is 0 Å². The lowest BCUT2D eigenvalue weighted by Gasteiger charge is -2.55. The number of fused-ring (bicyclic) bond motifs is 2. The van der Waals surface area contributed by atoms with E-state index >= 15 is 0 Å². The molecule has 1 N–H and O–H groups in total. The Kier molecular flexibility index (Phi) is 2.41. The Bertz CT molecular complexity index is 545. The molecule has 20 heavy (non-hydrogen) atoms. The molecule has 3 aliphatic heterocycles. The Labute approximate surface area is 118 Å². The number of carbonyl (C=O) groups is 1. The fourth-order valence-corrected chi connectivity index (χ4v) is 3.93. The number of nitrogens with zero attached hydrogens (tertiary/aromatic N) is 3. The highest BCUT2D eigenvalue weighted by molar-refractivity contribution is 5.93. The number of rotatable bonds is 1. The highest BCUT2D eigenvalue weighted by Gasteiger charge is 2.57. The summed E-state index contributed by atoms with van der Waals surface area (Å²) >= 11 is 0. The zero-order chi connectivity index (χ0) is 13.9. The van der Waals surface area contributed by atoms with Crippen LogP contribution in [0.15, 0.2) is 30.3 Å². The van der Waals surface area contributed by atoms with Crippen molar-refractivity contribution in [2.45, 2.75) is 43.9 Å². The van der Waals surface area contributed by atoms with Gasteiger partial charge in [0.1, 0.15) is 0 Å². The zero-order valence-electron chi connectivity index (χ0n) is 11.6. The molecule has 4 fully saturated rings. The average Bonchev–Trinajstić information content (AvgIpc) is 2.79. The van der Waals surface area contributed by atoms with Crippen LogP contribution in [0.2, 0.25) is 0 Å². The van der Waals surface area contributed by atoms with E-state index in [1.165, 1.54) is 0 Å². The van der Waals surface area contributed by atoms with Crippen LogP contribution in [0.4, 0.5) is 10.5 Å². The molecule has 2 amide bonds. The largest absolute Gasteiger partial charge is 0.388 e. The molecular weight excluding hydrogens is 254 g/mol. The van der Waals surface area contributed by atoms with E-state index in [9.17, 15) is 9.90 Å². The van der Waals surface area contributed by atoms with E-state index in [1.807, 2.05) is 37.3 Å². The van der Waals surface area contributed by atoms with Gasteiger partial charge in [-0.25, -0.2) is 9.80 Å². The first-order valence-corrected chi connectivity index (χ1v) is 7.23. The van der Waals surface area contributed by atoms with Crippen molar-refractivity contribution < 1.29 is 9.90 Å². The number of hydrogen-bond donors (Lipinski definition) is 1. The van der Waals surface area contributed by atoms with Gasteiger partial charge in [0.15, 0.2) is 0 Å². The number of carbonyl (C=O) groups excluding carboxylic acids is 1. The van der Waals surface area contributed by atoms with E-state index < -0.39 is 5.60 Å². The summed E-state index contributed by atoms with van der Waals surface area (Å²) in [6.45, 7) is 2.46. The lowest BCUT2D eigenvalue weighted by atomic mass is 9.76. The van der Waals surface area contributed by atoms with E-state index in [2.05, 4.69) is 5.01 Å². The highest BCUT2D eigenvalue weighted by atomic mass is 16.3. The van der Waals surface area contributed by atoms with Crippen LogP contribution in [0.1, 0.15) is 26.2 Å². The quantitative estimate of drug-likeness (QED) is 0.848. The smallest absolute Gasteiger partial charge is 0.340 e. The molecule has 3 saturated heterocycles. The third-order valence-corrected chi connectivity index (χ3v) is 4.91. The summed E-state index contributed by atoms with van der Waals surface area (Å²) < 4.78 is 0. The normalized spacial score (nSPS) is 36.6. The number of hydrazine groups is 1. The molecular formula is C15H19N3O2. The van der Waals surface area contributed by atoms with Crippen LogP contribution < -0.4 is 4.90 Å². The molecule has 3 atom stereocenters. The minimum absolute atomic E-state index is 0.00845. The summed E-state index contributed by atoms with van der Waals surface area (Å²) in [5, 5.41) is 14.5. The molecule has 4 aliphatic rings. The van der Waals surface area contributed by atoms with Gasteiger partial charge in [0.25, 0.3) is 0 Å². The maximum absolute atomic E-state index is 12.7. The molecule has 0 spiro atoms. The van der Waals surface area contributed by atoms with Gasteiger partial charge in [-0.15, -0.1) is 0 Å². The lowest BCUT2D eigenvalue weighted by Crippen LogP contribution is -2.68. The first-order valence-electron chi connectivity index (χ1n) is 7.23. The molecule has 3 unspecified atom stereocenters. The number of anilines is 1. The molecule has 2 bridgehead atoms. The SMILES string of the molecule is CC1(O)CC2CCC1N1C(=O)N(c3ccccc3)CN21. The Hall–Kier alpha value is -1.59. The third-order valence-electron chi connectivity index (χ3n) is 4.91. The van der Waals surface area contributed by atoms with Crippen LogP contribution in [0.3, 0.4) is 0 Å². The summed E-state index contributed by atoms with van der Waals surface area (Å²) in [6, 6.07) is 9.92. The van der Waals surface area contributed by atoms with Crippen molar-refractivity contribution in [1.82, 2.24) is 10.0 Å². The predicted octanol–water partition coefficient (Wildman–Crippen LogP) is 1.79. The summed E-state index contributed by atoms with van der Waals surface area (Å²) in [4.78, 5) is 14.5. The first-order chi connectivity index (χ1) is 9.58. The van der Waals surface area contributed by atoms with Crippen molar-refractivity contribution in [3.63, 3.8) is 0 Å². The van der Waals surface area contributed by atoms with Gasteiger partial charge in [0.2, 0.25) is 0 Å². The van der Waals surface area contributed by atoms with Crippen LogP contribution in [-0.4, -0.2) is 45.5 Å². The van der Waals surface area contributed by atoms with E-state index in [1.54, 1.807) is 9.91 Å². The summed E-state index contributed by atoms with van der Waals surface area (Å²) in [7, 11) is 0. The standard InChI is InChI=1S/C15H19N3O2/c1-15(20)9-12-7-8-13(15)18-14(19)16(10-17(12)18)11-5-3-2-4-6-11/h2-6,12-13,20H,7-10H2,1H3. The minimum Gasteiger partial charge on any atom is -0.388 e. The van der Waals surface area contributed by atoms with Gasteiger partial charge in [-0.2, -0.15) is 5.01 Å². The van der Waals surface area contributed by atoms with Crippen molar-refractivity contribution >= 4 is 11.7 Å². The monoisotopic (exact) mass is 273 g/mol. The Morgan fingerprint density at radius 3 is 2.70 bits per heavy atom. The van der Waals surface area contributed by atoms with Crippen LogP contribution >= 0.6 is 0 Å². The zero-order valence-corrected chi connectivity index (χ0v) is 11.6. The number of hydrogen-bond acceptors (Lipinski definition) is 3. The first kappa shape index (κ1) is 12.2. The Balaban J connectivity index is 1.70. The molecule has 5 rings (SSSR count). The van der Waals surface area contributed by atoms with Gasteiger partial charge in [-0.3, -0.25) is 4.90 Å². The molecule has 1 aliphatic carbocycles. The fourth-order valence-electron chi connectivity index (χ4n) is 3.93. The maximum Gasteiger partial charge on any atom is 0.340 e. The number of para-hydroxylation sites is 1. The summed E-state index contributed by atoms with van der Waals surface area (Å²) in [5.74, 6) is 0. The molecule has 3 heterocycles. The van der Waals surface area contributed by atoms with Crippen molar-refractivity contribution in [1.29, 1.82) is 0 Å². The van der Waals surface area contributed by atoms with Crippen LogP contribution in [0.25, 0.3) is 0 Å². The number of urea groups is 1. The van der Waals surface area contributed by atoms with Gasteiger partial charge in [-0.05, 0) is 38.3 Å². The second-order valence-corrected chi connectivity index (χ2v) is 6.28. The third kappa shape index (κ3) is 1.53. The molecule has 1 saturated carbocycles. The van der Waals surface area contributed by atoms with Gasteiger partial charge in [-0.1, -0.05) is 18.2 Å². The average molecular weight is 273 g/mol. The van der Waals surface area contributed by atoms with E-state index in [0.717, 1.165) is 24.9 Å². The Morgan fingerprint density at radius 1 is 1.25 bits per heavy atom. The second kappa shape index (κ2) is 3.96. The van der Waals surface area contributed by atoms with Crippen molar-refractivity contribution in [2.75, 3.05) is 11.6 Å². The number of amides is 2.